The van der Waals surface area contributed by atoms with Crippen molar-refractivity contribution in [3.63, 3.8) is 0 Å². The lowest BCUT2D eigenvalue weighted by Crippen LogP contribution is -2.69. The number of rotatable bonds is 1. The normalized spacial score (nSPS) is 54.0. The van der Waals surface area contributed by atoms with Gasteiger partial charge in [-0.2, -0.15) is 0 Å². The first-order chi connectivity index (χ1) is 7.36. The molecule has 5 aliphatic rings. The molecule has 0 aromatic heterocycles. The van der Waals surface area contributed by atoms with Crippen LogP contribution in [0, 0.1) is 0 Å². The number of fused-ring (bicyclic) bond motifs is 6. The van der Waals surface area contributed by atoms with E-state index >= 15 is 0 Å². The third-order valence-electron chi connectivity index (χ3n) is 5.18. The van der Waals surface area contributed by atoms with Gasteiger partial charge in [0.2, 0.25) is 0 Å². The van der Waals surface area contributed by atoms with E-state index in [1.54, 1.807) is 0 Å². The highest BCUT2D eigenvalue weighted by Gasteiger charge is 2.52. The van der Waals surface area contributed by atoms with Gasteiger partial charge < -0.3 is 5.32 Å². The molecule has 0 aliphatic carbocycles. The van der Waals surface area contributed by atoms with Gasteiger partial charge >= 0.3 is 0 Å². The van der Waals surface area contributed by atoms with Crippen LogP contribution in [0.3, 0.4) is 0 Å². The molecule has 3 heteroatoms. The molecule has 3 nitrogen and oxygen atoms in total. The molecule has 0 aromatic carbocycles. The van der Waals surface area contributed by atoms with E-state index in [-0.39, 0.29) is 0 Å². The number of piperazine rings is 1. The molecule has 2 unspecified atom stereocenters. The molecule has 84 valence electrons. The summed E-state index contributed by atoms with van der Waals surface area (Å²) in [6, 6.07) is 2.45. The average Bonchev–Trinajstić information content (AvgIpc) is 2.92. The molecular weight excluding hydrogens is 186 g/mol. The Labute approximate surface area is 91.6 Å². The summed E-state index contributed by atoms with van der Waals surface area (Å²) < 4.78 is 0. The maximum atomic E-state index is 3.89. The number of hydrogen-bond acceptors (Lipinski definition) is 3. The quantitative estimate of drug-likeness (QED) is 0.661. The second kappa shape index (κ2) is 2.96. The Morgan fingerprint density at radius 1 is 1.00 bits per heavy atom. The third-order valence-corrected chi connectivity index (χ3v) is 5.18. The van der Waals surface area contributed by atoms with Crippen LogP contribution in [-0.4, -0.2) is 41.8 Å². The zero-order valence-corrected chi connectivity index (χ0v) is 9.34. The lowest BCUT2D eigenvalue weighted by atomic mass is 9.86. The zero-order chi connectivity index (χ0) is 9.88. The summed E-state index contributed by atoms with van der Waals surface area (Å²) in [7, 11) is 0. The maximum Gasteiger partial charge on any atom is 0.0719 e. The van der Waals surface area contributed by atoms with Gasteiger partial charge in [0.25, 0.3) is 0 Å². The summed E-state index contributed by atoms with van der Waals surface area (Å²) in [5, 5.41) is 7.55. The highest BCUT2D eigenvalue weighted by atomic mass is 15.4. The van der Waals surface area contributed by atoms with Crippen LogP contribution < -0.4 is 10.6 Å². The van der Waals surface area contributed by atoms with Crippen molar-refractivity contribution in [2.75, 3.05) is 13.1 Å². The molecule has 5 rings (SSSR count). The van der Waals surface area contributed by atoms with Gasteiger partial charge in [0.15, 0.2) is 0 Å². The Kier molecular flexibility index (Phi) is 1.77. The molecule has 5 fully saturated rings. The summed E-state index contributed by atoms with van der Waals surface area (Å²) in [6.45, 7) is 2.53. The lowest BCUT2D eigenvalue weighted by Gasteiger charge is -2.53. The Morgan fingerprint density at radius 3 is 2.33 bits per heavy atom. The molecule has 2 atom stereocenters. The molecule has 5 aliphatic heterocycles. The van der Waals surface area contributed by atoms with Crippen molar-refractivity contribution in [1.82, 2.24) is 15.5 Å². The monoisotopic (exact) mass is 207 g/mol. The summed E-state index contributed by atoms with van der Waals surface area (Å²) in [5.74, 6) is 0. The van der Waals surface area contributed by atoms with Crippen LogP contribution in [0.4, 0.5) is 0 Å². The largest absolute Gasteiger partial charge is 0.311 e. The smallest absolute Gasteiger partial charge is 0.0719 e. The average molecular weight is 207 g/mol. The standard InChI is InChI=1S/C12H21N3/c1-2-11-7-13-10(1)8-15(11)12-5-3-9(14-12)4-6-12/h9-11,13-14H,1-8H2. The van der Waals surface area contributed by atoms with Gasteiger partial charge in [-0.25, -0.2) is 0 Å². The Hall–Kier alpha value is -0.120. The van der Waals surface area contributed by atoms with Crippen molar-refractivity contribution in [2.45, 2.75) is 62.3 Å². The Morgan fingerprint density at radius 2 is 1.87 bits per heavy atom. The molecule has 0 spiro atoms. The topological polar surface area (TPSA) is 27.3 Å². The first-order valence-corrected chi connectivity index (χ1v) is 6.64. The van der Waals surface area contributed by atoms with Crippen LogP contribution in [0.25, 0.3) is 0 Å². The van der Waals surface area contributed by atoms with E-state index in [2.05, 4.69) is 15.5 Å². The number of piperidine rings is 2. The summed E-state index contributed by atoms with van der Waals surface area (Å²) >= 11 is 0. The van der Waals surface area contributed by atoms with Gasteiger partial charge in [-0.1, -0.05) is 0 Å². The van der Waals surface area contributed by atoms with Gasteiger partial charge in [-0.15, -0.1) is 0 Å². The van der Waals surface area contributed by atoms with Crippen LogP contribution in [0.2, 0.25) is 0 Å². The van der Waals surface area contributed by atoms with Crippen LogP contribution in [-0.2, 0) is 0 Å². The third kappa shape index (κ3) is 1.17. The zero-order valence-electron chi connectivity index (χ0n) is 9.34. The first kappa shape index (κ1) is 8.97. The fourth-order valence-electron chi connectivity index (χ4n) is 4.37. The van der Waals surface area contributed by atoms with E-state index in [4.69, 9.17) is 0 Å². The van der Waals surface area contributed by atoms with Crippen LogP contribution in [0.15, 0.2) is 0 Å². The number of nitrogens with one attached hydrogen (secondary N) is 2. The summed E-state index contributed by atoms with van der Waals surface area (Å²) in [4.78, 5) is 2.82. The van der Waals surface area contributed by atoms with Gasteiger partial charge in [-0.3, -0.25) is 10.2 Å². The molecule has 2 N–H and O–H groups in total. The Bertz CT molecular complexity index is 262. The van der Waals surface area contributed by atoms with E-state index in [0.717, 1.165) is 18.1 Å². The second-order valence-corrected chi connectivity index (χ2v) is 5.94. The molecule has 0 saturated carbocycles. The number of hydrogen-bond donors (Lipinski definition) is 2. The van der Waals surface area contributed by atoms with Crippen LogP contribution in [0.5, 0.6) is 0 Å². The van der Waals surface area contributed by atoms with Gasteiger partial charge in [0.1, 0.15) is 0 Å². The summed E-state index contributed by atoms with van der Waals surface area (Å²) in [6.07, 6.45) is 8.47. The fraction of sp³-hybridized carbons (Fsp3) is 1.00. The minimum absolute atomic E-state index is 0.427. The van der Waals surface area contributed by atoms with Crippen molar-refractivity contribution < 1.29 is 0 Å². The number of nitrogens with zero attached hydrogens (tertiary/aromatic N) is 1. The van der Waals surface area contributed by atoms with Gasteiger partial charge in [0.05, 0.1) is 5.66 Å². The van der Waals surface area contributed by atoms with Crippen LogP contribution in [0.1, 0.15) is 38.5 Å². The minimum atomic E-state index is 0.427. The second-order valence-electron chi connectivity index (χ2n) is 5.94. The van der Waals surface area contributed by atoms with Crippen molar-refractivity contribution in [1.29, 1.82) is 0 Å². The fourth-order valence-corrected chi connectivity index (χ4v) is 4.37. The predicted octanol–water partition coefficient (Wildman–Crippen LogP) is 0.665. The Balaban J connectivity index is 1.62. The molecule has 15 heavy (non-hydrogen) atoms. The first-order valence-electron chi connectivity index (χ1n) is 6.64. The molecule has 0 amide bonds. The predicted molar refractivity (Wildman–Crippen MR) is 59.6 cm³/mol. The van der Waals surface area contributed by atoms with Gasteiger partial charge in [-0.05, 0) is 38.5 Å². The highest BCUT2D eigenvalue weighted by molar-refractivity contribution is 5.08. The van der Waals surface area contributed by atoms with Crippen molar-refractivity contribution in [3.8, 4) is 0 Å². The van der Waals surface area contributed by atoms with E-state index in [0.29, 0.717) is 5.66 Å². The molecule has 0 radical (unpaired) electrons. The molecular formula is C12H21N3. The molecule has 0 aromatic rings. The molecule has 5 heterocycles. The minimum Gasteiger partial charge on any atom is -0.311 e. The highest BCUT2D eigenvalue weighted by Crippen LogP contribution is 2.43. The van der Waals surface area contributed by atoms with E-state index in [1.807, 2.05) is 0 Å². The van der Waals surface area contributed by atoms with Crippen molar-refractivity contribution >= 4 is 0 Å². The SMILES string of the molecule is C1CC2CNC1CN2C12CCC(CC1)N2. The van der Waals surface area contributed by atoms with Crippen molar-refractivity contribution in [2.24, 2.45) is 0 Å². The molecule has 4 bridgehead atoms. The van der Waals surface area contributed by atoms with Gasteiger partial charge in [0, 0.05) is 31.2 Å². The van der Waals surface area contributed by atoms with E-state index in [9.17, 15) is 0 Å². The lowest BCUT2D eigenvalue weighted by molar-refractivity contribution is -0.0285. The molecule has 5 saturated heterocycles. The van der Waals surface area contributed by atoms with Crippen molar-refractivity contribution in [3.05, 3.63) is 0 Å². The van der Waals surface area contributed by atoms with Crippen LogP contribution >= 0.6 is 0 Å². The summed E-state index contributed by atoms with van der Waals surface area (Å²) in [5.41, 5.74) is 0.427. The van der Waals surface area contributed by atoms with E-state index < -0.39 is 0 Å². The van der Waals surface area contributed by atoms with E-state index in [1.165, 1.54) is 51.6 Å². The maximum absolute atomic E-state index is 3.89.